The number of hydrogen-bond donors (Lipinski definition) is 0. The third-order valence-electron chi connectivity index (χ3n) is 3.31. The summed E-state index contributed by atoms with van der Waals surface area (Å²) in [7, 11) is 3.05. The lowest BCUT2D eigenvalue weighted by molar-refractivity contribution is -0.144. The van der Waals surface area contributed by atoms with Crippen LogP contribution >= 0.6 is 0 Å². The monoisotopic (exact) mass is 316 g/mol. The van der Waals surface area contributed by atoms with E-state index in [4.69, 9.17) is 23.7 Å². The van der Waals surface area contributed by atoms with Crippen LogP contribution in [0.15, 0.2) is 42.5 Å². The zero-order valence-corrected chi connectivity index (χ0v) is 12.8. The minimum Gasteiger partial charge on any atom is -0.496 e. The Bertz CT molecular complexity index is 690. The molecule has 6 nitrogen and oxygen atoms in total. The number of rotatable bonds is 4. The van der Waals surface area contributed by atoms with E-state index in [1.165, 1.54) is 14.2 Å². The van der Waals surface area contributed by atoms with E-state index in [1.807, 2.05) is 12.1 Å². The number of esters is 1. The Hall–Kier alpha value is -2.89. The summed E-state index contributed by atoms with van der Waals surface area (Å²) in [4.78, 5) is 12.3. The maximum absolute atomic E-state index is 12.3. The van der Waals surface area contributed by atoms with Crippen LogP contribution in [-0.4, -0.2) is 32.9 Å². The van der Waals surface area contributed by atoms with Crippen LogP contribution in [-0.2, 0) is 4.79 Å². The van der Waals surface area contributed by atoms with Crippen LogP contribution in [0.3, 0.4) is 0 Å². The lowest BCUT2D eigenvalue weighted by Gasteiger charge is -2.24. The van der Waals surface area contributed by atoms with Gasteiger partial charge in [0.2, 0.25) is 6.10 Å². The standard InChI is InChI=1S/C17H16O6/c1-19-11-7-12(20-2)9-13(8-11)22-17(18)16-10-21-14-5-3-4-6-15(14)23-16/h3-9,16H,10H2,1-2H3/t16-/m1/s1. The molecule has 23 heavy (non-hydrogen) atoms. The quantitative estimate of drug-likeness (QED) is 0.638. The number of para-hydroxylation sites is 2. The van der Waals surface area contributed by atoms with Crippen LogP contribution in [0.1, 0.15) is 0 Å². The van der Waals surface area contributed by atoms with Gasteiger partial charge in [-0.05, 0) is 12.1 Å². The number of carbonyl (C=O) groups is 1. The third kappa shape index (κ3) is 3.31. The van der Waals surface area contributed by atoms with E-state index in [-0.39, 0.29) is 6.61 Å². The minimum atomic E-state index is -0.831. The van der Waals surface area contributed by atoms with E-state index < -0.39 is 12.1 Å². The molecule has 120 valence electrons. The Kier molecular flexibility index (Phi) is 4.23. The van der Waals surface area contributed by atoms with E-state index >= 15 is 0 Å². The molecule has 0 bridgehead atoms. The molecule has 1 aliphatic rings. The van der Waals surface area contributed by atoms with Crippen molar-refractivity contribution in [2.75, 3.05) is 20.8 Å². The van der Waals surface area contributed by atoms with Crippen molar-refractivity contribution in [2.24, 2.45) is 0 Å². The van der Waals surface area contributed by atoms with Gasteiger partial charge >= 0.3 is 5.97 Å². The molecule has 0 radical (unpaired) electrons. The van der Waals surface area contributed by atoms with Gasteiger partial charge in [0.25, 0.3) is 0 Å². The molecule has 0 unspecified atom stereocenters. The maximum Gasteiger partial charge on any atom is 0.356 e. The summed E-state index contributed by atoms with van der Waals surface area (Å²) in [5, 5.41) is 0. The Morgan fingerprint density at radius 1 is 1.00 bits per heavy atom. The number of carbonyl (C=O) groups excluding carboxylic acids is 1. The van der Waals surface area contributed by atoms with Crippen molar-refractivity contribution in [3.05, 3.63) is 42.5 Å². The lowest BCUT2D eigenvalue weighted by atomic mass is 10.2. The van der Waals surface area contributed by atoms with E-state index in [0.717, 1.165) is 0 Å². The molecule has 1 aliphatic heterocycles. The number of fused-ring (bicyclic) bond motifs is 1. The summed E-state index contributed by atoms with van der Waals surface area (Å²) in [6, 6.07) is 12.0. The Morgan fingerprint density at radius 3 is 2.26 bits per heavy atom. The minimum absolute atomic E-state index is 0.0942. The van der Waals surface area contributed by atoms with Crippen LogP contribution in [0.25, 0.3) is 0 Å². The molecule has 0 amide bonds. The van der Waals surface area contributed by atoms with Crippen molar-refractivity contribution in [1.29, 1.82) is 0 Å². The fourth-order valence-corrected chi connectivity index (χ4v) is 2.16. The average molecular weight is 316 g/mol. The molecule has 0 saturated carbocycles. The molecular formula is C17H16O6. The Morgan fingerprint density at radius 2 is 1.61 bits per heavy atom. The highest BCUT2D eigenvalue weighted by molar-refractivity contribution is 5.78. The second-order valence-electron chi connectivity index (χ2n) is 4.83. The predicted octanol–water partition coefficient (Wildman–Crippen LogP) is 2.45. The summed E-state index contributed by atoms with van der Waals surface area (Å²) in [5.74, 6) is 1.95. The van der Waals surface area contributed by atoms with E-state index in [2.05, 4.69) is 0 Å². The zero-order chi connectivity index (χ0) is 16.2. The zero-order valence-electron chi connectivity index (χ0n) is 12.8. The summed E-state index contributed by atoms with van der Waals surface area (Å²) in [6.45, 7) is 0.0942. The van der Waals surface area contributed by atoms with Crippen molar-refractivity contribution < 1.29 is 28.5 Å². The number of ether oxygens (including phenoxy) is 5. The SMILES string of the molecule is COc1cc(OC)cc(OC(=O)[C@H]2COc3ccccc3O2)c1. The van der Waals surface area contributed by atoms with Crippen LogP contribution in [0.2, 0.25) is 0 Å². The summed E-state index contributed by atoms with van der Waals surface area (Å²) < 4.78 is 26.8. The molecule has 0 aromatic heterocycles. The van der Waals surface area contributed by atoms with E-state index in [9.17, 15) is 4.79 Å². The van der Waals surface area contributed by atoms with Gasteiger partial charge < -0.3 is 23.7 Å². The predicted molar refractivity (Wildman–Crippen MR) is 81.5 cm³/mol. The first kappa shape index (κ1) is 15.0. The fraction of sp³-hybridized carbons (Fsp3) is 0.235. The van der Waals surface area contributed by atoms with Gasteiger partial charge in [-0.3, -0.25) is 0 Å². The van der Waals surface area contributed by atoms with Gasteiger partial charge in [0.15, 0.2) is 11.5 Å². The second-order valence-corrected chi connectivity index (χ2v) is 4.83. The summed E-state index contributed by atoms with van der Waals surface area (Å²) >= 11 is 0. The van der Waals surface area contributed by atoms with Crippen molar-refractivity contribution in [2.45, 2.75) is 6.10 Å². The van der Waals surface area contributed by atoms with Gasteiger partial charge in [-0.2, -0.15) is 0 Å². The smallest absolute Gasteiger partial charge is 0.356 e. The highest BCUT2D eigenvalue weighted by atomic mass is 16.6. The molecule has 0 spiro atoms. The first-order valence-electron chi connectivity index (χ1n) is 7.03. The summed E-state index contributed by atoms with van der Waals surface area (Å²) in [6.07, 6.45) is -0.831. The van der Waals surface area contributed by atoms with Gasteiger partial charge in [-0.25, -0.2) is 4.79 Å². The van der Waals surface area contributed by atoms with Crippen molar-refractivity contribution >= 4 is 5.97 Å². The largest absolute Gasteiger partial charge is 0.496 e. The molecule has 0 aliphatic carbocycles. The van der Waals surface area contributed by atoms with E-state index in [0.29, 0.717) is 28.7 Å². The normalized spacial score (nSPS) is 15.7. The Labute approximate surface area is 133 Å². The highest BCUT2D eigenvalue weighted by Crippen LogP contribution is 2.32. The van der Waals surface area contributed by atoms with Gasteiger partial charge in [-0.15, -0.1) is 0 Å². The highest BCUT2D eigenvalue weighted by Gasteiger charge is 2.29. The van der Waals surface area contributed by atoms with Crippen LogP contribution in [0.4, 0.5) is 0 Å². The van der Waals surface area contributed by atoms with E-state index in [1.54, 1.807) is 30.3 Å². The molecule has 1 heterocycles. The summed E-state index contributed by atoms with van der Waals surface area (Å²) in [5.41, 5.74) is 0. The molecule has 1 atom stereocenters. The Balaban J connectivity index is 1.73. The second kappa shape index (κ2) is 6.48. The first-order valence-corrected chi connectivity index (χ1v) is 7.03. The fourth-order valence-electron chi connectivity index (χ4n) is 2.16. The molecule has 0 N–H and O–H groups in total. The molecule has 3 rings (SSSR count). The number of hydrogen-bond acceptors (Lipinski definition) is 6. The van der Waals surface area contributed by atoms with Crippen LogP contribution < -0.4 is 23.7 Å². The number of methoxy groups -OCH3 is 2. The first-order chi connectivity index (χ1) is 11.2. The molecular weight excluding hydrogens is 300 g/mol. The molecule has 6 heteroatoms. The van der Waals surface area contributed by atoms with Crippen molar-refractivity contribution in [1.82, 2.24) is 0 Å². The van der Waals surface area contributed by atoms with Crippen LogP contribution in [0.5, 0.6) is 28.7 Å². The molecule has 2 aromatic rings. The third-order valence-corrected chi connectivity index (χ3v) is 3.31. The van der Waals surface area contributed by atoms with Crippen molar-refractivity contribution in [3.8, 4) is 28.7 Å². The number of benzene rings is 2. The van der Waals surface area contributed by atoms with Gasteiger partial charge in [0, 0.05) is 18.2 Å². The topological polar surface area (TPSA) is 63.2 Å². The maximum atomic E-state index is 12.3. The molecule has 0 saturated heterocycles. The average Bonchev–Trinajstić information content (AvgIpc) is 2.60. The van der Waals surface area contributed by atoms with Gasteiger partial charge in [0.05, 0.1) is 14.2 Å². The van der Waals surface area contributed by atoms with Gasteiger partial charge in [-0.1, -0.05) is 12.1 Å². The van der Waals surface area contributed by atoms with Crippen LogP contribution in [0, 0.1) is 0 Å². The van der Waals surface area contributed by atoms with Crippen molar-refractivity contribution in [3.63, 3.8) is 0 Å². The molecule has 0 fully saturated rings. The van der Waals surface area contributed by atoms with Gasteiger partial charge in [0.1, 0.15) is 23.9 Å². The lowest BCUT2D eigenvalue weighted by Crippen LogP contribution is -2.39. The molecule has 2 aromatic carbocycles.